The average Bonchev–Trinajstić information content (AvgIpc) is 2.87. The van der Waals surface area contributed by atoms with E-state index in [0.29, 0.717) is 0 Å². The maximum atomic E-state index is 11.7. The van der Waals surface area contributed by atoms with Crippen molar-refractivity contribution in [3.8, 4) is 0 Å². The summed E-state index contributed by atoms with van der Waals surface area (Å²) in [6.45, 7) is 0. The van der Waals surface area contributed by atoms with E-state index in [1.807, 2.05) is 0 Å². The summed E-state index contributed by atoms with van der Waals surface area (Å²) >= 11 is 0. The van der Waals surface area contributed by atoms with Crippen molar-refractivity contribution in [1.29, 1.82) is 0 Å². The molecule has 17 heavy (non-hydrogen) atoms. The summed E-state index contributed by atoms with van der Waals surface area (Å²) in [5.41, 5.74) is 5.56. The van der Waals surface area contributed by atoms with Crippen molar-refractivity contribution in [2.24, 2.45) is 12.8 Å². The Labute approximate surface area is 96.2 Å². The van der Waals surface area contributed by atoms with E-state index < -0.39 is 11.8 Å². The third-order valence-corrected chi connectivity index (χ3v) is 2.17. The van der Waals surface area contributed by atoms with Gasteiger partial charge in [-0.1, -0.05) is 0 Å². The van der Waals surface area contributed by atoms with Crippen LogP contribution in [0.4, 0.5) is 5.69 Å². The zero-order chi connectivity index (χ0) is 12.4. The quantitative estimate of drug-likeness (QED) is 0.800. The van der Waals surface area contributed by atoms with Crippen molar-refractivity contribution >= 4 is 17.5 Å². The molecule has 7 nitrogen and oxygen atoms in total. The van der Waals surface area contributed by atoms with E-state index in [0.717, 1.165) is 0 Å². The number of hydrogen-bond donors (Lipinski definition) is 2. The fraction of sp³-hybridized carbons (Fsp3) is 0.100. The third kappa shape index (κ3) is 2.03. The Morgan fingerprint density at radius 1 is 1.53 bits per heavy atom. The summed E-state index contributed by atoms with van der Waals surface area (Å²) in [6.07, 6.45) is 2.73. The molecule has 0 bridgehead atoms. The minimum Gasteiger partial charge on any atom is -0.459 e. The molecule has 2 aromatic rings. The maximum absolute atomic E-state index is 11.7. The Balaban J connectivity index is 2.25. The van der Waals surface area contributed by atoms with E-state index in [1.165, 1.54) is 23.2 Å². The number of primary amides is 1. The van der Waals surface area contributed by atoms with Gasteiger partial charge in [0.15, 0.2) is 5.76 Å². The van der Waals surface area contributed by atoms with Crippen LogP contribution in [-0.2, 0) is 7.05 Å². The van der Waals surface area contributed by atoms with Gasteiger partial charge in [0.05, 0.1) is 18.1 Å². The molecule has 2 aromatic heterocycles. The minimum atomic E-state index is -0.667. The molecule has 7 heteroatoms. The van der Waals surface area contributed by atoms with Gasteiger partial charge in [0.2, 0.25) is 0 Å². The van der Waals surface area contributed by atoms with Gasteiger partial charge in [-0.25, -0.2) is 0 Å². The monoisotopic (exact) mass is 234 g/mol. The first-order chi connectivity index (χ1) is 8.09. The van der Waals surface area contributed by atoms with Crippen molar-refractivity contribution in [3.05, 3.63) is 36.0 Å². The highest BCUT2D eigenvalue weighted by molar-refractivity contribution is 6.06. The van der Waals surface area contributed by atoms with Gasteiger partial charge in [0, 0.05) is 7.05 Å². The van der Waals surface area contributed by atoms with Crippen LogP contribution in [0.2, 0.25) is 0 Å². The first-order valence-electron chi connectivity index (χ1n) is 4.76. The summed E-state index contributed by atoms with van der Waals surface area (Å²) in [7, 11) is 1.56. The molecule has 3 N–H and O–H groups in total. The van der Waals surface area contributed by atoms with E-state index in [2.05, 4.69) is 10.4 Å². The average molecular weight is 234 g/mol. The Morgan fingerprint density at radius 3 is 2.88 bits per heavy atom. The normalized spacial score (nSPS) is 10.2. The summed E-state index contributed by atoms with van der Waals surface area (Å²) in [5.74, 6) is -0.991. The van der Waals surface area contributed by atoms with Crippen LogP contribution in [0.15, 0.2) is 29.0 Å². The van der Waals surface area contributed by atoms with E-state index in [9.17, 15) is 9.59 Å². The number of carbonyl (C=O) groups excluding carboxylic acids is 2. The molecule has 88 valence electrons. The van der Waals surface area contributed by atoms with Crippen molar-refractivity contribution in [2.75, 3.05) is 5.32 Å². The molecule has 0 aliphatic rings. The molecule has 0 aliphatic heterocycles. The van der Waals surface area contributed by atoms with Gasteiger partial charge in [-0.3, -0.25) is 14.3 Å². The number of anilines is 1. The van der Waals surface area contributed by atoms with E-state index in [1.54, 1.807) is 13.1 Å². The van der Waals surface area contributed by atoms with Crippen LogP contribution < -0.4 is 11.1 Å². The highest BCUT2D eigenvalue weighted by atomic mass is 16.3. The SMILES string of the molecule is Cn1ncc(NC(=O)c2ccco2)c1C(N)=O. The second kappa shape index (κ2) is 4.12. The Kier molecular flexibility index (Phi) is 2.65. The number of nitrogens with zero attached hydrogens (tertiary/aromatic N) is 2. The molecule has 0 saturated carbocycles. The first-order valence-corrected chi connectivity index (χ1v) is 4.76. The second-order valence-corrected chi connectivity index (χ2v) is 3.33. The van der Waals surface area contributed by atoms with Crippen LogP contribution in [0.1, 0.15) is 21.0 Å². The Morgan fingerprint density at radius 2 is 2.29 bits per heavy atom. The zero-order valence-electron chi connectivity index (χ0n) is 9.01. The second-order valence-electron chi connectivity index (χ2n) is 3.33. The lowest BCUT2D eigenvalue weighted by atomic mass is 10.3. The number of amides is 2. The maximum Gasteiger partial charge on any atom is 0.291 e. The van der Waals surface area contributed by atoms with Gasteiger partial charge in [0.25, 0.3) is 11.8 Å². The number of rotatable bonds is 3. The smallest absolute Gasteiger partial charge is 0.291 e. The fourth-order valence-electron chi connectivity index (χ4n) is 1.41. The topological polar surface area (TPSA) is 103 Å². The molecule has 0 atom stereocenters. The molecule has 0 fully saturated rings. The number of nitrogens with one attached hydrogen (secondary N) is 1. The minimum absolute atomic E-state index is 0.130. The van der Waals surface area contributed by atoms with Crippen molar-refractivity contribution in [1.82, 2.24) is 9.78 Å². The predicted octanol–water partition coefficient (Wildman–Crippen LogP) is 0.364. The van der Waals surface area contributed by atoms with Crippen LogP contribution >= 0.6 is 0 Å². The van der Waals surface area contributed by atoms with Gasteiger partial charge in [-0.05, 0) is 12.1 Å². The molecular formula is C10H10N4O3. The van der Waals surface area contributed by atoms with Gasteiger partial charge < -0.3 is 15.5 Å². The van der Waals surface area contributed by atoms with Crippen molar-refractivity contribution in [2.45, 2.75) is 0 Å². The highest BCUT2D eigenvalue weighted by Crippen LogP contribution is 2.14. The zero-order valence-corrected chi connectivity index (χ0v) is 9.01. The standard InChI is InChI=1S/C10H10N4O3/c1-14-8(9(11)15)6(5-12-14)13-10(16)7-3-2-4-17-7/h2-5H,1H3,(H2,11,15)(H,13,16). The molecule has 0 spiro atoms. The Hall–Kier alpha value is -2.57. The van der Waals surface area contributed by atoms with Crippen molar-refractivity contribution in [3.63, 3.8) is 0 Å². The van der Waals surface area contributed by atoms with Crippen molar-refractivity contribution < 1.29 is 14.0 Å². The number of furan rings is 1. The number of hydrogen-bond acceptors (Lipinski definition) is 4. The van der Waals surface area contributed by atoms with Crippen LogP contribution in [-0.4, -0.2) is 21.6 Å². The van der Waals surface area contributed by atoms with Crippen LogP contribution in [0, 0.1) is 0 Å². The molecule has 2 amide bonds. The van der Waals surface area contributed by atoms with Gasteiger partial charge >= 0.3 is 0 Å². The predicted molar refractivity (Wildman–Crippen MR) is 58.4 cm³/mol. The molecule has 0 aliphatic carbocycles. The molecule has 2 rings (SSSR count). The molecule has 0 aromatic carbocycles. The molecule has 0 unspecified atom stereocenters. The van der Waals surface area contributed by atoms with Crippen LogP contribution in [0.3, 0.4) is 0 Å². The van der Waals surface area contributed by atoms with E-state index in [4.69, 9.17) is 10.2 Å². The number of carbonyl (C=O) groups is 2. The summed E-state index contributed by atoms with van der Waals surface area (Å²) < 4.78 is 6.21. The van der Waals surface area contributed by atoms with Crippen LogP contribution in [0.25, 0.3) is 0 Å². The number of aromatic nitrogens is 2. The molecule has 0 radical (unpaired) electrons. The van der Waals surface area contributed by atoms with E-state index >= 15 is 0 Å². The largest absolute Gasteiger partial charge is 0.459 e. The number of nitrogens with two attached hydrogens (primary N) is 1. The van der Waals surface area contributed by atoms with Gasteiger partial charge in [0.1, 0.15) is 5.69 Å². The fourth-order valence-corrected chi connectivity index (χ4v) is 1.41. The third-order valence-electron chi connectivity index (χ3n) is 2.17. The number of aryl methyl sites for hydroxylation is 1. The van der Waals surface area contributed by atoms with Crippen LogP contribution in [0.5, 0.6) is 0 Å². The lowest BCUT2D eigenvalue weighted by Crippen LogP contribution is -2.20. The lowest BCUT2D eigenvalue weighted by molar-refractivity contribution is 0.0992. The lowest BCUT2D eigenvalue weighted by Gasteiger charge is -2.02. The molecule has 0 saturated heterocycles. The Bertz CT molecular complexity index is 556. The first kappa shape index (κ1) is 10.9. The van der Waals surface area contributed by atoms with Gasteiger partial charge in [-0.2, -0.15) is 5.10 Å². The summed E-state index contributed by atoms with van der Waals surface area (Å²) in [4.78, 5) is 22.8. The summed E-state index contributed by atoms with van der Waals surface area (Å²) in [5, 5.41) is 6.34. The molecular weight excluding hydrogens is 224 g/mol. The highest BCUT2D eigenvalue weighted by Gasteiger charge is 2.17. The van der Waals surface area contributed by atoms with E-state index in [-0.39, 0.29) is 17.1 Å². The molecule has 2 heterocycles. The van der Waals surface area contributed by atoms with Gasteiger partial charge in [-0.15, -0.1) is 0 Å². The summed E-state index contributed by atoms with van der Waals surface area (Å²) in [6, 6.07) is 3.10.